The molecule has 0 aromatic heterocycles. The van der Waals surface area contributed by atoms with E-state index in [1.54, 1.807) is 12.1 Å². The number of amides is 1. The Morgan fingerprint density at radius 3 is 2.43 bits per heavy atom. The summed E-state index contributed by atoms with van der Waals surface area (Å²) >= 11 is 0. The number of nitrogens with one attached hydrogen (secondary N) is 1. The van der Waals surface area contributed by atoms with Gasteiger partial charge in [0.15, 0.2) is 6.61 Å². The third-order valence-electron chi connectivity index (χ3n) is 3.62. The normalized spacial score (nSPS) is 17.6. The van der Waals surface area contributed by atoms with Crippen molar-refractivity contribution in [2.24, 2.45) is 5.73 Å². The first-order chi connectivity index (χ1) is 10.8. The second-order valence-electron chi connectivity index (χ2n) is 5.50. The lowest BCUT2D eigenvalue weighted by molar-refractivity contribution is -0.153. The molecule has 1 aromatic carbocycles. The van der Waals surface area contributed by atoms with E-state index in [2.05, 4.69) is 10.1 Å². The molecule has 0 aliphatic carbocycles. The number of ether oxygens (including phenoxy) is 2. The maximum atomic E-state index is 12.1. The number of hydrogen-bond donors (Lipinski definition) is 2. The van der Waals surface area contributed by atoms with Crippen molar-refractivity contribution in [3.63, 3.8) is 0 Å². The predicted molar refractivity (Wildman–Crippen MR) is 76.8 cm³/mol. The van der Waals surface area contributed by atoms with Crippen LogP contribution >= 0.6 is 0 Å². The second kappa shape index (κ2) is 7.18. The lowest BCUT2D eigenvalue weighted by Gasteiger charge is -2.31. The molecule has 1 aliphatic heterocycles. The van der Waals surface area contributed by atoms with Gasteiger partial charge in [-0.3, -0.25) is 4.79 Å². The standard InChI is InChI=1S/C15H19F3N2O3/c16-15(17,18)10-23-12-3-1-11(2-4-12)9-20-13(21)14(19)5-7-22-8-6-14/h1-4H,5-10,19H2,(H,20,21). The smallest absolute Gasteiger partial charge is 0.422 e. The molecule has 2 rings (SSSR count). The van der Waals surface area contributed by atoms with Crippen molar-refractivity contribution in [1.82, 2.24) is 5.32 Å². The Hall–Kier alpha value is -1.80. The Labute approximate surface area is 131 Å². The zero-order chi connectivity index (χ0) is 16.9. The molecule has 1 saturated heterocycles. The fraction of sp³-hybridized carbons (Fsp3) is 0.533. The second-order valence-corrected chi connectivity index (χ2v) is 5.50. The Morgan fingerprint density at radius 1 is 1.26 bits per heavy atom. The van der Waals surface area contributed by atoms with Crippen LogP contribution in [-0.2, 0) is 16.1 Å². The van der Waals surface area contributed by atoms with Crippen LogP contribution in [0.15, 0.2) is 24.3 Å². The largest absolute Gasteiger partial charge is 0.484 e. The van der Waals surface area contributed by atoms with Crippen molar-refractivity contribution in [2.75, 3.05) is 19.8 Å². The molecule has 3 N–H and O–H groups in total. The maximum absolute atomic E-state index is 12.1. The van der Waals surface area contributed by atoms with Crippen molar-refractivity contribution in [3.8, 4) is 5.75 Å². The van der Waals surface area contributed by atoms with Gasteiger partial charge in [-0.15, -0.1) is 0 Å². The molecule has 0 unspecified atom stereocenters. The van der Waals surface area contributed by atoms with Crippen molar-refractivity contribution in [1.29, 1.82) is 0 Å². The summed E-state index contributed by atoms with van der Waals surface area (Å²) in [5, 5.41) is 2.74. The molecule has 128 valence electrons. The Balaban J connectivity index is 1.83. The van der Waals surface area contributed by atoms with E-state index < -0.39 is 18.3 Å². The first-order valence-electron chi connectivity index (χ1n) is 7.22. The lowest BCUT2D eigenvalue weighted by atomic mass is 9.90. The topological polar surface area (TPSA) is 73.6 Å². The van der Waals surface area contributed by atoms with E-state index in [0.717, 1.165) is 5.56 Å². The van der Waals surface area contributed by atoms with Crippen molar-refractivity contribution < 1.29 is 27.4 Å². The molecule has 0 atom stereocenters. The molecule has 1 amide bonds. The van der Waals surface area contributed by atoms with Gasteiger partial charge in [-0.2, -0.15) is 13.2 Å². The number of alkyl halides is 3. The molecule has 1 fully saturated rings. The highest BCUT2D eigenvalue weighted by Gasteiger charge is 2.35. The van der Waals surface area contributed by atoms with Crippen LogP contribution in [0.5, 0.6) is 5.75 Å². The first kappa shape index (κ1) is 17.6. The number of rotatable bonds is 5. The van der Waals surface area contributed by atoms with E-state index in [9.17, 15) is 18.0 Å². The van der Waals surface area contributed by atoms with Gasteiger partial charge in [-0.1, -0.05) is 12.1 Å². The minimum Gasteiger partial charge on any atom is -0.484 e. The van der Waals surface area contributed by atoms with E-state index in [1.807, 2.05) is 0 Å². The van der Waals surface area contributed by atoms with Crippen molar-refractivity contribution >= 4 is 5.91 Å². The maximum Gasteiger partial charge on any atom is 0.422 e. The van der Waals surface area contributed by atoms with Gasteiger partial charge in [0, 0.05) is 19.8 Å². The zero-order valence-corrected chi connectivity index (χ0v) is 12.5. The summed E-state index contributed by atoms with van der Waals surface area (Å²) in [4.78, 5) is 12.1. The van der Waals surface area contributed by atoms with Gasteiger partial charge in [-0.25, -0.2) is 0 Å². The van der Waals surface area contributed by atoms with Crippen LogP contribution in [0.4, 0.5) is 13.2 Å². The Bertz CT molecular complexity index is 526. The summed E-state index contributed by atoms with van der Waals surface area (Å²) in [6, 6.07) is 6.05. The van der Waals surface area contributed by atoms with E-state index in [-0.39, 0.29) is 18.2 Å². The number of halogens is 3. The van der Waals surface area contributed by atoms with E-state index >= 15 is 0 Å². The molecule has 8 heteroatoms. The number of nitrogens with two attached hydrogens (primary N) is 1. The number of carbonyl (C=O) groups is 1. The summed E-state index contributed by atoms with van der Waals surface area (Å²) in [7, 11) is 0. The van der Waals surface area contributed by atoms with Crippen molar-refractivity contribution in [3.05, 3.63) is 29.8 Å². The SMILES string of the molecule is NC1(C(=O)NCc2ccc(OCC(F)(F)F)cc2)CCOCC1. The first-order valence-corrected chi connectivity index (χ1v) is 7.22. The minimum atomic E-state index is -4.37. The van der Waals surface area contributed by atoms with E-state index in [4.69, 9.17) is 10.5 Å². The Kier molecular flexibility index (Phi) is 5.48. The summed E-state index contributed by atoms with van der Waals surface area (Å²) in [5.41, 5.74) is 5.87. The highest BCUT2D eigenvalue weighted by molar-refractivity contribution is 5.86. The van der Waals surface area contributed by atoms with E-state index in [0.29, 0.717) is 26.1 Å². The van der Waals surface area contributed by atoms with E-state index in [1.165, 1.54) is 12.1 Å². The molecule has 1 aliphatic rings. The summed E-state index contributed by atoms with van der Waals surface area (Å²) < 4.78 is 45.9. The van der Waals surface area contributed by atoms with Crippen LogP contribution in [0.3, 0.4) is 0 Å². The highest BCUT2D eigenvalue weighted by atomic mass is 19.4. The van der Waals surface area contributed by atoms with Gasteiger partial charge in [0.2, 0.25) is 5.91 Å². The summed E-state index contributed by atoms with van der Waals surface area (Å²) in [6.07, 6.45) is -3.45. The third-order valence-corrected chi connectivity index (χ3v) is 3.62. The zero-order valence-electron chi connectivity index (χ0n) is 12.5. The quantitative estimate of drug-likeness (QED) is 0.862. The molecule has 0 saturated carbocycles. The predicted octanol–water partition coefficient (Wildman–Crippen LogP) is 1.75. The fourth-order valence-electron chi connectivity index (χ4n) is 2.19. The average Bonchev–Trinajstić information content (AvgIpc) is 2.51. The van der Waals surface area contributed by atoms with Gasteiger partial charge >= 0.3 is 6.18 Å². The molecule has 0 radical (unpaired) electrons. The minimum absolute atomic E-state index is 0.122. The van der Waals surface area contributed by atoms with Gasteiger partial charge in [0.1, 0.15) is 5.75 Å². The monoisotopic (exact) mass is 332 g/mol. The van der Waals surface area contributed by atoms with Crippen LogP contribution < -0.4 is 15.8 Å². The van der Waals surface area contributed by atoms with Crippen LogP contribution in [-0.4, -0.2) is 37.4 Å². The van der Waals surface area contributed by atoms with Crippen LogP contribution in [0.25, 0.3) is 0 Å². The number of benzene rings is 1. The molecular formula is C15H19F3N2O3. The molecule has 0 bridgehead atoms. The summed E-state index contributed by atoms with van der Waals surface area (Å²) in [6.45, 7) is -0.177. The van der Waals surface area contributed by atoms with Crippen LogP contribution in [0, 0.1) is 0 Å². The molecule has 0 spiro atoms. The van der Waals surface area contributed by atoms with Crippen LogP contribution in [0.2, 0.25) is 0 Å². The molecule has 1 aromatic rings. The van der Waals surface area contributed by atoms with Gasteiger partial charge < -0.3 is 20.5 Å². The molecule has 23 heavy (non-hydrogen) atoms. The fourth-order valence-corrected chi connectivity index (χ4v) is 2.19. The van der Waals surface area contributed by atoms with Gasteiger partial charge in [-0.05, 0) is 30.5 Å². The van der Waals surface area contributed by atoms with Crippen LogP contribution in [0.1, 0.15) is 18.4 Å². The average molecular weight is 332 g/mol. The number of hydrogen-bond acceptors (Lipinski definition) is 4. The Morgan fingerprint density at radius 2 is 1.87 bits per heavy atom. The molecule has 1 heterocycles. The number of carbonyl (C=O) groups excluding carboxylic acids is 1. The highest BCUT2D eigenvalue weighted by Crippen LogP contribution is 2.20. The lowest BCUT2D eigenvalue weighted by Crippen LogP contribution is -2.56. The molecule has 5 nitrogen and oxygen atoms in total. The molecular weight excluding hydrogens is 313 g/mol. The third kappa shape index (κ3) is 5.40. The van der Waals surface area contributed by atoms with Gasteiger partial charge in [0.05, 0.1) is 5.54 Å². The summed E-state index contributed by atoms with van der Waals surface area (Å²) in [5.74, 6) is -0.129. The van der Waals surface area contributed by atoms with Crippen molar-refractivity contribution in [2.45, 2.75) is 31.1 Å². The van der Waals surface area contributed by atoms with Gasteiger partial charge in [0.25, 0.3) is 0 Å².